The number of hydrogen-bond donors (Lipinski definition) is 2. The van der Waals surface area contributed by atoms with E-state index in [1.165, 1.54) is 0 Å². The van der Waals surface area contributed by atoms with Crippen LogP contribution in [-0.2, 0) is 28.8 Å². The van der Waals surface area contributed by atoms with Crippen molar-refractivity contribution in [3.05, 3.63) is 0 Å². The van der Waals surface area contributed by atoms with Crippen LogP contribution < -0.4 is 10.6 Å². The number of rotatable bonds is 10. The molecule has 1 unspecified atom stereocenters. The Bertz CT molecular complexity index is 607. The molecule has 2 aliphatic heterocycles. The molecule has 2 fully saturated rings. The van der Waals surface area contributed by atoms with Gasteiger partial charge in [-0.2, -0.15) is 0 Å². The van der Waals surface area contributed by atoms with Crippen molar-refractivity contribution in [1.29, 1.82) is 0 Å². The summed E-state index contributed by atoms with van der Waals surface area (Å²) in [6.07, 6.45) is 3.25. The van der Waals surface area contributed by atoms with Crippen molar-refractivity contribution >= 4 is 29.6 Å². The van der Waals surface area contributed by atoms with E-state index in [0.29, 0.717) is 17.6 Å². The van der Waals surface area contributed by atoms with Crippen LogP contribution in [0.25, 0.3) is 0 Å². The normalized spacial score (nSPS) is 19.8. The van der Waals surface area contributed by atoms with Gasteiger partial charge in [0.25, 0.3) is 11.8 Å². The predicted octanol–water partition coefficient (Wildman–Crippen LogP) is -0.519. The molecule has 0 aromatic rings. The van der Waals surface area contributed by atoms with E-state index >= 15 is 0 Å². The second-order valence-corrected chi connectivity index (χ2v) is 6.92. The molecule has 156 valence electrons. The molecule has 0 aromatic heterocycles. The summed E-state index contributed by atoms with van der Waals surface area (Å²) in [6.45, 7) is 3.63. The molecule has 28 heavy (non-hydrogen) atoms. The second kappa shape index (κ2) is 10.7. The van der Waals surface area contributed by atoms with Gasteiger partial charge in [0, 0.05) is 38.4 Å². The van der Waals surface area contributed by atoms with Crippen LogP contribution in [-0.4, -0.2) is 71.8 Å². The van der Waals surface area contributed by atoms with Gasteiger partial charge in [-0.05, 0) is 25.8 Å². The summed E-state index contributed by atoms with van der Waals surface area (Å²) < 4.78 is 0. The lowest BCUT2D eigenvalue weighted by Gasteiger charge is -2.22. The molecule has 10 heteroatoms. The smallest absolute Gasteiger partial charge is 0.334 e. The number of nitrogens with zero attached hydrogens (tertiary/aromatic N) is 2. The van der Waals surface area contributed by atoms with E-state index in [1.54, 1.807) is 0 Å². The molecule has 2 saturated heterocycles. The molecule has 0 aliphatic carbocycles. The molecule has 0 spiro atoms. The van der Waals surface area contributed by atoms with E-state index in [1.807, 2.05) is 0 Å². The van der Waals surface area contributed by atoms with E-state index in [0.717, 1.165) is 25.8 Å². The molecule has 1 atom stereocenters. The SMILES string of the molecule is CCC1CCC[15N]1C[13C](=O)[15NH]CC[13C](=O)[15NH][13CH2][13CH2][13C](=O)ON1C(=O)CCC1=O. The predicted molar refractivity (Wildman–Crippen MR) is 97.3 cm³/mol. The monoisotopic (exact) mass is 404 g/mol. The Labute approximate surface area is 163 Å². The van der Waals surface area contributed by atoms with Crippen LogP contribution in [0.2, 0.25) is 0 Å². The Balaban J connectivity index is 1.54. The summed E-state index contributed by atoms with van der Waals surface area (Å²) in [5.41, 5.74) is 0. The second-order valence-electron chi connectivity index (χ2n) is 6.92. The zero-order valence-electron chi connectivity index (χ0n) is 16.2. The highest BCUT2D eigenvalue weighted by Gasteiger charge is 2.32. The molecule has 0 radical (unpaired) electrons. The van der Waals surface area contributed by atoms with Crippen LogP contribution in [0.15, 0.2) is 0 Å². The minimum atomic E-state index is -0.770. The van der Waals surface area contributed by atoms with Crippen LogP contribution in [0.4, 0.5) is 0 Å². The standard InChI is InChI=1S/C18H28N4O6/c1-2-13-4-3-11-21(13)12-15(24)20-9-7-14(23)19-10-8-18(27)28-22-16(25)5-6-17(22)26/h13H,2-12H2,1H3,(H,19,23)(H,20,24)/i8+1,10+1,14+1,15+1,18+1,19+1,20+1,21+1. The van der Waals surface area contributed by atoms with Crippen LogP contribution in [0.1, 0.15) is 51.9 Å². The molecule has 4 amide bonds. The average molecular weight is 404 g/mol. The highest BCUT2D eigenvalue weighted by molar-refractivity contribution is 6.01. The van der Waals surface area contributed by atoms with Crippen molar-refractivity contribution in [2.75, 3.05) is 26.2 Å². The maximum Gasteiger partial charge on any atom is 0.334 e. The number of hydrogen-bond acceptors (Lipinski definition) is 7. The summed E-state index contributed by atoms with van der Waals surface area (Å²) in [4.78, 5) is 64.9. The first-order chi connectivity index (χ1) is 13.4. The highest BCUT2D eigenvalue weighted by Crippen LogP contribution is 2.18. The lowest BCUT2D eigenvalue weighted by Crippen LogP contribution is -2.40. The number of imide groups is 1. The van der Waals surface area contributed by atoms with Crippen molar-refractivity contribution in [2.24, 2.45) is 0 Å². The molecule has 2 heterocycles. The maximum atomic E-state index is 12.0. The van der Waals surface area contributed by atoms with Crippen LogP contribution in [0, 0.1) is 0 Å². The Hall–Kier alpha value is -2.49. The van der Waals surface area contributed by atoms with E-state index in [4.69, 9.17) is 4.84 Å². The summed E-state index contributed by atoms with van der Waals surface area (Å²) >= 11 is 0. The summed E-state index contributed by atoms with van der Waals surface area (Å²) in [5, 5.41) is 5.74. The molecule has 0 saturated carbocycles. The van der Waals surface area contributed by atoms with Gasteiger partial charge in [-0.25, -0.2) is 4.79 Å². The van der Waals surface area contributed by atoms with Crippen molar-refractivity contribution in [1.82, 2.24) is 20.6 Å². The minimum absolute atomic E-state index is 0.0216. The van der Waals surface area contributed by atoms with Crippen LogP contribution in [0.3, 0.4) is 0 Å². The molecule has 2 aliphatic rings. The zero-order chi connectivity index (χ0) is 20.5. The third kappa shape index (κ3) is 6.59. The molecule has 2 N–H and O–H groups in total. The van der Waals surface area contributed by atoms with Gasteiger partial charge in [-0.15, -0.1) is 5.06 Å². The van der Waals surface area contributed by atoms with Crippen LogP contribution in [0.5, 0.6) is 0 Å². The third-order valence-corrected chi connectivity index (χ3v) is 4.84. The van der Waals surface area contributed by atoms with Crippen LogP contribution >= 0.6 is 0 Å². The van der Waals surface area contributed by atoms with E-state index in [-0.39, 0.29) is 50.6 Å². The molecule has 10 nitrogen and oxygen atoms in total. The lowest BCUT2D eigenvalue weighted by molar-refractivity contribution is -0.197. The summed E-state index contributed by atoms with van der Waals surface area (Å²) in [6, 6.07) is 0.458. The molecule has 0 aromatic carbocycles. The zero-order valence-corrected chi connectivity index (χ0v) is 16.2. The molecule has 2 rings (SSSR count). The van der Waals surface area contributed by atoms with Gasteiger partial charge in [0.05, 0.1) is 13.0 Å². The quantitative estimate of drug-likeness (QED) is 0.285. The van der Waals surface area contributed by atoms with E-state index < -0.39 is 17.8 Å². The molecule has 0 bridgehead atoms. The Morgan fingerprint density at radius 1 is 1.04 bits per heavy atom. The molecular formula is C18H28N4O6. The highest BCUT2D eigenvalue weighted by atomic mass is 16.8. The number of carbonyl (C=O) groups is 5. The molecular weight excluding hydrogens is 376 g/mol. The fourth-order valence-corrected chi connectivity index (χ4v) is 3.32. The Kier molecular flexibility index (Phi) is 8.37. The van der Waals surface area contributed by atoms with Gasteiger partial charge in [0.2, 0.25) is 11.8 Å². The van der Waals surface area contributed by atoms with Gasteiger partial charge in [0.1, 0.15) is 0 Å². The fourth-order valence-electron chi connectivity index (χ4n) is 3.32. The average Bonchev–Trinajstić information content (AvgIpc) is 3.22. The minimum Gasteiger partial charge on any atom is -0.355 e. The lowest BCUT2D eigenvalue weighted by atomic mass is 10.2. The van der Waals surface area contributed by atoms with Gasteiger partial charge < -0.3 is 15.5 Å². The Morgan fingerprint density at radius 2 is 1.68 bits per heavy atom. The largest absolute Gasteiger partial charge is 0.355 e. The van der Waals surface area contributed by atoms with E-state index in [9.17, 15) is 24.0 Å². The number of likely N-dealkylation sites (tertiary alicyclic amines) is 1. The first-order valence-corrected chi connectivity index (χ1v) is 9.74. The Morgan fingerprint density at radius 3 is 2.36 bits per heavy atom. The third-order valence-electron chi connectivity index (χ3n) is 4.84. The van der Waals surface area contributed by atoms with Crippen molar-refractivity contribution in [3.63, 3.8) is 0 Å². The first kappa shape index (κ1) is 21.8. The topological polar surface area (TPSA) is 125 Å². The summed E-state index contributed by atoms with van der Waals surface area (Å²) in [5.74, 6) is -2.27. The number of amides is 4. The fraction of sp³-hybridized carbons (Fsp3) is 0.722. The van der Waals surface area contributed by atoms with Gasteiger partial charge in [-0.1, -0.05) is 6.92 Å². The van der Waals surface area contributed by atoms with Gasteiger partial charge in [0.15, 0.2) is 0 Å². The van der Waals surface area contributed by atoms with Gasteiger partial charge in [-0.3, -0.25) is 24.1 Å². The van der Waals surface area contributed by atoms with E-state index in [2.05, 4.69) is 22.5 Å². The van der Waals surface area contributed by atoms with Crippen molar-refractivity contribution in [2.45, 2.75) is 57.9 Å². The first-order valence-electron chi connectivity index (χ1n) is 9.74. The van der Waals surface area contributed by atoms with Crippen molar-refractivity contribution < 1.29 is 28.8 Å². The van der Waals surface area contributed by atoms with Crippen molar-refractivity contribution in [3.8, 4) is 0 Å². The number of carbonyl (C=O) groups excluding carboxylic acids is 5. The van der Waals surface area contributed by atoms with Gasteiger partial charge >= 0.3 is 5.97 Å². The number of hydroxylamine groups is 2. The summed E-state index contributed by atoms with van der Waals surface area (Å²) in [7, 11) is 0. The maximum absolute atomic E-state index is 12.0. The number of nitrogens with one attached hydrogen (secondary N) is 2.